The standard InChI is InChI=1S/C24H27N3O3S/c28-21(14-24-11-15-7-16(12-24)9-17(8-15)13-24)27-23(31)26-19-4-1-3-18(10-19)25-22(29)20-5-2-6-30-20/h1-6,10,15-17H,7-9,11-14H2,(H,25,29)(H2,26,27,28,31). The maximum atomic E-state index is 12.8. The molecule has 0 unspecified atom stereocenters. The second-order valence-electron chi connectivity index (χ2n) is 9.61. The third-order valence-electron chi connectivity index (χ3n) is 7.08. The molecule has 4 aliphatic rings. The van der Waals surface area contributed by atoms with Crippen molar-refractivity contribution in [2.45, 2.75) is 44.9 Å². The van der Waals surface area contributed by atoms with E-state index >= 15 is 0 Å². The molecular weight excluding hydrogens is 410 g/mol. The fourth-order valence-corrected chi connectivity index (χ4v) is 6.69. The van der Waals surface area contributed by atoms with Gasteiger partial charge in [0, 0.05) is 17.8 Å². The highest BCUT2D eigenvalue weighted by Gasteiger charge is 2.51. The quantitative estimate of drug-likeness (QED) is 0.577. The van der Waals surface area contributed by atoms with Crippen LogP contribution in [0.15, 0.2) is 47.1 Å². The van der Waals surface area contributed by atoms with Crippen molar-refractivity contribution in [2.24, 2.45) is 23.2 Å². The minimum atomic E-state index is -0.325. The first-order valence-corrected chi connectivity index (χ1v) is 11.4. The summed E-state index contributed by atoms with van der Waals surface area (Å²) >= 11 is 5.37. The Balaban J connectivity index is 1.15. The van der Waals surface area contributed by atoms with E-state index in [0.29, 0.717) is 17.8 Å². The summed E-state index contributed by atoms with van der Waals surface area (Å²) in [7, 11) is 0. The summed E-state index contributed by atoms with van der Waals surface area (Å²) in [6, 6.07) is 10.4. The van der Waals surface area contributed by atoms with E-state index in [-0.39, 0.29) is 28.1 Å². The zero-order valence-corrected chi connectivity index (χ0v) is 18.2. The topological polar surface area (TPSA) is 83.4 Å². The van der Waals surface area contributed by atoms with Crippen LogP contribution < -0.4 is 16.0 Å². The van der Waals surface area contributed by atoms with Crippen molar-refractivity contribution in [3.05, 3.63) is 48.4 Å². The summed E-state index contributed by atoms with van der Waals surface area (Å²) in [5.41, 5.74) is 1.48. The first-order valence-electron chi connectivity index (χ1n) is 11.0. The monoisotopic (exact) mass is 437 g/mol. The number of benzene rings is 1. The molecule has 0 spiro atoms. The molecular formula is C24H27N3O3S. The Morgan fingerprint density at radius 2 is 1.61 bits per heavy atom. The Bertz CT molecular complexity index is 966. The highest BCUT2D eigenvalue weighted by atomic mass is 32.1. The van der Waals surface area contributed by atoms with Crippen molar-refractivity contribution < 1.29 is 14.0 Å². The molecule has 3 N–H and O–H groups in total. The van der Waals surface area contributed by atoms with E-state index in [0.717, 1.165) is 17.8 Å². The predicted octanol–water partition coefficient (Wildman–Crippen LogP) is 4.95. The number of carbonyl (C=O) groups excluding carboxylic acids is 2. The van der Waals surface area contributed by atoms with Crippen LogP contribution in [0, 0.1) is 23.2 Å². The summed E-state index contributed by atoms with van der Waals surface area (Å²) in [6.07, 6.45) is 9.72. The Kier molecular flexibility index (Phi) is 5.30. The molecule has 0 radical (unpaired) electrons. The Morgan fingerprint density at radius 3 is 2.23 bits per heavy atom. The largest absolute Gasteiger partial charge is 0.459 e. The molecule has 0 atom stereocenters. The van der Waals surface area contributed by atoms with Crippen LogP contribution in [-0.2, 0) is 4.79 Å². The van der Waals surface area contributed by atoms with E-state index in [1.54, 1.807) is 30.3 Å². The van der Waals surface area contributed by atoms with Crippen LogP contribution >= 0.6 is 12.2 Å². The van der Waals surface area contributed by atoms with Gasteiger partial charge in [0.25, 0.3) is 5.91 Å². The number of hydrogen-bond donors (Lipinski definition) is 3. The molecule has 4 saturated carbocycles. The zero-order chi connectivity index (χ0) is 21.4. The number of hydrogen-bond acceptors (Lipinski definition) is 4. The average Bonchev–Trinajstić information content (AvgIpc) is 3.21. The fraction of sp³-hybridized carbons (Fsp3) is 0.458. The van der Waals surface area contributed by atoms with Gasteiger partial charge in [-0.25, -0.2) is 0 Å². The molecule has 4 bridgehead atoms. The molecule has 6 rings (SSSR count). The summed E-state index contributed by atoms with van der Waals surface area (Å²) in [6.45, 7) is 0. The predicted molar refractivity (Wildman–Crippen MR) is 123 cm³/mol. The minimum Gasteiger partial charge on any atom is -0.459 e. The van der Waals surface area contributed by atoms with E-state index in [4.69, 9.17) is 16.6 Å². The van der Waals surface area contributed by atoms with Crippen molar-refractivity contribution in [3.8, 4) is 0 Å². The normalized spacial score (nSPS) is 28.2. The van der Waals surface area contributed by atoms with Gasteiger partial charge < -0.3 is 20.4 Å². The van der Waals surface area contributed by atoms with Crippen LogP contribution in [0.4, 0.5) is 11.4 Å². The number of furan rings is 1. The Morgan fingerprint density at radius 1 is 0.968 bits per heavy atom. The maximum Gasteiger partial charge on any atom is 0.291 e. The lowest BCUT2D eigenvalue weighted by Gasteiger charge is -2.56. The van der Waals surface area contributed by atoms with Crippen LogP contribution in [0.1, 0.15) is 55.5 Å². The number of amides is 2. The van der Waals surface area contributed by atoms with E-state index in [1.165, 1.54) is 44.8 Å². The van der Waals surface area contributed by atoms with Gasteiger partial charge in [-0.2, -0.15) is 0 Å². The van der Waals surface area contributed by atoms with E-state index in [1.807, 2.05) is 6.07 Å². The summed E-state index contributed by atoms with van der Waals surface area (Å²) < 4.78 is 5.11. The summed E-state index contributed by atoms with van der Waals surface area (Å²) in [5.74, 6) is 2.39. The van der Waals surface area contributed by atoms with Gasteiger partial charge in [-0.1, -0.05) is 6.07 Å². The van der Waals surface area contributed by atoms with Crippen LogP contribution in [0.3, 0.4) is 0 Å². The highest BCUT2D eigenvalue weighted by molar-refractivity contribution is 7.80. The molecule has 6 nitrogen and oxygen atoms in total. The Hall–Kier alpha value is -2.67. The van der Waals surface area contributed by atoms with Crippen molar-refractivity contribution in [1.29, 1.82) is 0 Å². The first kappa shape index (κ1) is 20.2. The van der Waals surface area contributed by atoms with Crippen molar-refractivity contribution in [3.63, 3.8) is 0 Å². The first-order chi connectivity index (χ1) is 15.0. The number of thiocarbonyl (C=S) groups is 1. The SMILES string of the molecule is O=C(CC12CC3CC(CC(C3)C1)C2)NC(=S)Nc1cccc(NC(=O)c2ccco2)c1. The van der Waals surface area contributed by atoms with Gasteiger partial charge in [-0.15, -0.1) is 0 Å². The van der Waals surface area contributed by atoms with Crippen molar-refractivity contribution in [2.75, 3.05) is 10.6 Å². The zero-order valence-electron chi connectivity index (χ0n) is 17.4. The molecule has 7 heteroatoms. The molecule has 0 saturated heterocycles. The maximum absolute atomic E-state index is 12.8. The number of rotatable bonds is 5. The molecule has 4 fully saturated rings. The van der Waals surface area contributed by atoms with Crippen molar-refractivity contribution in [1.82, 2.24) is 5.32 Å². The summed E-state index contributed by atoms with van der Waals surface area (Å²) in [4.78, 5) is 24.9. The minimum absolute atomic E-state index is 0.00160. The van der Waals surface area contributed by atoms with Crippen LogP contribution in [0.25, 0.3) is 0 Å². The van der Waals surface area contributed by atoms with Gasteiger partial charge in [-0.05, 0) is 104 Å². The van der Waals surface area contributed by atoms with Crippen molar-refractivity contribution >= 4 is 40.5 Å². The molecule has 4 aliphatic carbocycles. The van der Waals surface area contributed by atoms with Gasteiger partial charge in [0.15, 0.2) is 10.9 Å². The molecule has 1 aromatic heterocycles. The van der Waals surface area contributed by atoms with Gasteiger partial charge in [-0.3, -0.25) is 9.59 Å². The molecule has 2 aromatic rings. The molecule has 1 aromatic carbocycles. The number of nitrogens with one attached hydrogen (secondary N) is 3. The van der Waals surface area contributed by atoms with E-state index in [2.05, 4.69) is 16.0 Å². The highest BCUT2D eigenvalue weighted by Crippen LogP contribution is 2.61. The van der Waals surface area contributed by atoms with E-state index < -0.39 is 0 Å². The summed E-state index contributed by atoms with van der Waals surface area (Å²) in [5, 5.41) is 8.98. The van der Waals surface area contributed by atoms with Crippen LogP contribution in [0.5, 0.6) is 0 Å². The molecule has 2 amide bonds. The number of carbonyl (C=O) groups is 2. The van der Waals surface area contributed by atoms with Crippen LogP contribution in [-0.4, -0.2) is 16.9 Å². The second-order valence-corrected chi connectivity index (χ2v) is 10.0. The third kappa shape index (κ3) is 4.51. The van der Waals surface area contributed by atoms with Gasteiger partial charge in [0.1, 0.15) is 0 Å². The number of anilines is 2. The van der Waals surface area contributed by atoms with Gasteiger partial charge >= 0.3 is 0 Å². The van der Waals surface area contributed by atoms with E-state index in [9.17, 15) is 9.59 Å². The van der Waals surface area contributed by atoms with Gasteiger partial charge in [0.05, 0.1) is 6.26 Å². The smallest absolute Gasteiger partial charge is 0.291 e. The Labute approximate surface area is 187 Å². The lowest BCUT2D eigenvalue weighted by molar-refractivity contribution is -0.127. The second kappa shape index (κ2) is 8.11. The lowest BCUT2D eigenvalue weighted by atomic mass is 9.49. The molecule has 1 heterocycles. The molecule has 0 aliphatic heterocycles. The fourth-order valence-electron chi connectivity index (χ4n) is 6.46. The van der Waals surface area contributed by atoms with Crippen LogP contribution in [0.2, 0.25) is 0 Å². The molecule has 162 valence electrons. The average molecular weight is 438 g/mol. The lowest BCUT2D eigenvalue weighted by Crippen LogP contribution is -2.48. The van der Waals surface area contributed by atoms with Gasteiger partial charge in [0.2, 0.25) is 5.91 Å². The third-order valence-corrected chi connectivity index (χ3v) is 7.28. The molecule has 31 heavy (non-hydrogen) atoms.